The summed E-state index contributed by atoms with van der Waals surface area (Å²) in [6.45, 7) is 1.73. The molecular formula is C26H22N4O3S. The summed E-state index contributed by atoms with van der Waals surface area (Å²) in [6.07, 6.45) is 2.16. The molecule has 0 radical (unpaired) electrons. The van der Waals surface area contributed by atoms with Crippen molar-refractivity contribution in [2.24, 2.45) is 0 Å². The maximum absolute atomic E-state index is 12.6. The van der Waals surface area contributed by atoms with Gasteiger partial charge in [-0.3, -0.25) is 9.78 Å². The number of anilines is 1. The lowest BCUT2D eigenvalue weighted by Gasteiger charge is -2.24. The number of carbonyl (C=O) groups is 1. The number of carbonyl (C=O) groups excluding carboxylic acids is 1. The third-order valence-electron chi connectivity index (χ3n) is 5.49. The lowest BCUT2D eigenvalue weighted by molar-refractivity contribution is -0.113. The van der Waals surface area contributed by atoms with E-state index in [1.807, 2.05) is 67.6 Å². The number of aryl methyl sites for hydroxylation is 1. The number of aromatic nitrogens is 3. The van der Waals surface area contributed by atoms with Crippen LogP contribution >= 0.6 is 11.8 Å². The van der Waals surface area contributed by atoms with Crippen LogP contribution < -0.4 is 10.1 Å². The van der Waals surface area contributed by atoms with Crippen molar-refractivity contribution in [1.29, 1.82) is 0 Å². The molecule has 0 saturated heterocycles. The molecule has 170 valence electrons. The molecule has 0 bridgehead atoms. The molecule has 0 spiro atoms. The van der Waals surface area contributed by atoms with Crippen molar-refractivity contribution in [3.8, 4) is 23.0 Å². The van der Waals surface area contributed by atoms with E-state index in [-0.39, 0.29) is 18.3 Å². The summed E-state index contributed by atoms with van der Waals surface area (Å²) in [5.41, 5.74) is 4.70. The van der Waals surface area contributed by atoms with Gasteiger partial charge in [0.1, 0.15) is 5.03 Å². The lowest BCUT2D eigenvalue weighted by Crippen LogP contribution is -2.16. The van der Waals surface area contributed by atoms with Crippen LogP contribution in [0, 0.1) is 6.92 Å². The number of pyridine rings is 1. The summed E-state index contributed by atoms with van der Waals surface area (Å²) in [5, 5.41) is 13.4. The first kappa shape index (κ1) is 22.1. The van der Waals surface area contributed by atoms with Gasteiger partial charge in [0.2, 0.25) is 11.8 Å². The summed E-state index contributed by atoms with van der Waals surface area (Å²) < 4.78 is 6.22. The van der Waals surface area contributed by atoms with Crippen molar-refractivity contribution < 1.29 is 14.6 Å². The van der Waals surface area contributed by atoms with Gasteiger partial charge in [-0.2, -0.15) is 4.98 Å². The molecule has 7 nitrogen and oxygen atoms in total. The summed E-state index contributed by atoms with van der Waals surface area (Å²) >= 11 is 1.34. The molecule has 2 N–H and O–H groups in total. The Bertz CT molecular complexity index is 1350. The SMILES string of the molecule is Cc1ncc(CO)c2c1Oc1nc(-c3ccccc3)nc(SCC(=O)Nc3ccccc3)c1C2. The molecular weight excluding hydrogens is 448 g/mol. The molecule has 0 saturated carbocycles. The number of nitrogens with zero attached hydrogens (tertiary/aromatic N) is 3. The molecule has 0 aliphatic carbocycles. The molecule has 0 atom stereocenters. The van der Waals surface area contributed by atoms with Crippen molar-refractivity contribution in [3.05, 3.63) is 89.2 Å². The number of fused-ring (bicyclic) bond motifs is 2. The average molecular weight is 471 g/mol. The second kappa shape index (κ2) is 9.62. The minimum atomic E-state index is -0.140. The van der Waals surface area contributed by atoms with Gasteiger partial charge in [-0.05, 0) is 19.1 Å². The van der Waals surface area contributed by atoms with Crippen LogP contribution in [0.4, 0.5) is 5.69 Å². The maximum atomic E-state index is 12.6. The Labute approximate surface area is 201 Å². The number of para-hydroxylation sites is 1. The van der Waals surface area contributed by atoms with E-state index < -0.39 is 0 Å². The highest BCUT2D eigenvalue weighted by atomic mass is 32.2. The van der Waals surface area contributed by atoms with Gasteiger partial charge in [0, 0.05) is 35.0 Å². The number of ether oxygens (including phenoxy) is 1. The highest BCUT2D eigenvalue weighted by molar-refractivity contribution is 8.00. The van der Waals surface area contributed by atoms with Crippen molar-refractivity contribution in [2.75, 3.05) is 11.1 Å². The zero-order valence-corrected chi connectivity index (χ0v) is 19.3. The molecule has 0 unspecified atom stereocenters. The molecule has 0 fully saturated rings. The molecule has 1 aliphatic heterocycles. The number of aliphatic hydroxyl groups excluding tert-OH is 1. The van der Waals surface area contributed by atoms with Crippen LogP contribution in [-0.2, 0) is 17.8 Å². The van der Waals surface area contributed by atoms with Crippen molar-refractivity contribution in [1.82, 2.24) is 15.0 Å². The van der Waals surface area contributed by atoms with Gasteiger partial charge in [-0.15, -0.1) is 0 Å². The van der Waals surface area contributed by atoms with Crippen LogP contribution in [-0.4, -0.2) is 31.7 Å². The van der Waals surface area contributed by atoms with E-state index in [1.54, 1.807) is 6.20 Å². The predicted octanol–water partition coefficient (Wildman–Crippen LogP) is 4.77. The largest absolute Gasteiger partial charge is 0.436 e. The van der Waals surface area contributed by atoms with Gasteiger partial charge in [0.15, 0.2) is 11.6 Å². The smallest absolute Gasteiger partial charge is 0.234 e. The Morgan fingerprint density at radius 2 is 1.79 bits per heavy atom. The van der Waals surface area contributed by atoms with Crippen LogP contribution in [0.5, 0.6) is 11.6 Å². The van der Waals surface area contributed by atoms with Crippen LogP contribution in [0.2, 0.25) is 0 Å². The molecule has 2 aromatic heterocycles. The first-order valence-corrected chi connectivity index (χ1v) is 11.8. The number of hydrogen-bond acceptors (Lipinski definition) is 7. The lowest BCUT2D eigenvalue weighted by atomic mass is 9.99. The predicted molar refractivity (Wildman–Crippen MR) is 131 cm³/mol. The molecule has 3 heterocycles. The van der Waals surface area contributed by atoms with Crippen molar-refractivity contribution >= 4 is 23.4 Å². The topological polar surface area (TPSA) is 97.2 Å². The summed E-state index contributed by atoms with van der Waals surface area (Å²) in [6, 6.07) is 19.0. The van der Waals surface area contributed by atoms with E-state index in [2.05, 4.69) is 10.3 Å². The van der Waals surface area contributed by atoms with Gasteiger partial charge >= 0.3 is 0 Å². The number of aliphatic hydroxyl groups is 1. The van der Waals surface area contributed by atoms with Gasteiger partial charge in [-0.1, -0.05) is 60.3 Å². The summed E-state index contributed by atoms with van der Waals surface area (Å²) in [7, 11) is 0. The standard InChI is InChI=1S/C26H22N4O3S/c1-16-23-20(18(14-31)13-27-16)12-21-25(33-23)29-24(17-8-4-2-5-9-17)30-26(21)34-15-22(32)28-19-10-6-3-7-11-19/h2-11,13,31H,12,14-15H2,1H3,(H,28,32). The number of amides is 1. The van der Waals surface area contributed by atoms with Gasteiger partial charge < -0.3 is 15.2 Å². The Balaban J connectivity index is 1.49. The van der Waals surface area contributed by atoms with E-state index in [9.17, 15) is 9.90 Å². The van der Waals surface area contributed by atoms with E-state index in [1.165, 1.54) is 11.8 Å². The zero-order chi connectivity index (χ0) is 23.5. The number of hydrogen-bond donors (Lipinski definition) is 2. The molecule has 1 amide bonds. The second-order valence-corrected chi connectivity index (χ2v) is 8.78. The van der Waals surface area contributed by atoms with Crippen LogP contribution in [0.25, 0.3) is 11.4 Å². The molecule has 1 aliphatic rings. The Kier molecular flexibility index (Phi) is 6.24. The zero-order valence-electron chi connectivity index (χ0n) is 18.5. The number of rotatable bonds is 6. The van der Waals surface area contributed by atoms with Crippen LogP contribution in [0.3, 0.4) is 0 Å². The number of nitrogens with one attached hydrogen (secondary N) is 1. The van der Waals surface area contributed by atoms with Gasteiger partial charge in [0.25, 0.3) is 0 Å². The second-order valence-electron chi connectivity index (χ2n) is 7.82. The first-order chi connectivity index (χ1) is 16.6. The monoisotopic (exact) mass is 470 g/mol. The third kappa shape index (κ3) is 4.50. The Morgan fingerprint density at radius 3 is 2.53 bits per heavy atom. The average Bonchev–Trinajstić information content (AvgIpc) is 2.88. The fourth-order valence-corrected chi connectivity index (χ4v) is 4.61. The van der Waals surface area contributed by atoms with E-state index in [4.69, 9.17) is 14.7 Å². The number of thioether (sulfide) groups is 1. The highest BCUT2D eigenvalue weighted by Gasteiger charge is 2.28. The molecule has 34 heavy (non-hydrogen) atoms. The first-order valence-electron chi connectivity index (χ1n) is 10.8. The molecule has 4 aromatic rings. The highest BCUT2D eigenvalue weighted by Crippen LogP contribution is 2.42. The minimum Gasteiger partial charge on any atom is -0.436 e. The Hall–Kier alpha value is -3.75. The maximum Gasteiger partial charge on any atom is 0.234 e. The van der Waals surface area contributed by atoms with Gasteiger partial charge in [0.05, 0.1) is 23.6 Å². The molecule has 5 rings (SSSR count). The van der Waals surface area contributed by atoms with Crippen molar-refractivity contribution in [2.45, 2.75) is 25.0 Å². The normalized spacial score (nSPS) is 11.8. The van der Waals surface area contributed by atoms with E-state index in [0.29, 0.717) is 34.5 Å². The third-order valence-corrected chi connectivity index (χ3v) is 6.51. The quantitative estimate of drug-likeness (QED) is 0.273. The molecule has 8 heteroatoms. The summed E-state index contributed by atoms with van der Waals surface area (Å²) in [4.78, 5) is 26.5. The van der Waals surface area contributed by atoms with Crippen molar-refractivity contribution in [3.63, 3.8) is 0 Å². The fourth-order valence-electron chi connectivity index (χ4n) is 3.78. The number of benzene rings is 2. The van der Waals surface area contributed by atoms with E-state index in [0.717, 1.165) is 28.1 Å². The summed E-state index contributed by atoms with van der Waals surface area (Å²) in [5.74, 6) is 1.65. The molecule has 2 aromatic carbocycles. The van der Waals surface area contributed by atoms with Crippen LogP contribution in [0.1, 0.15) is 22.4 Å². The minimum absolute atomic E-state index is 0.127. The van der Waals surface area contributed by atoms with E-state index >= 15 is 0 Å². The van der Waals surface area contributed by atoms with Gasteiger partial charge in [-0.25, -0.2) is 4.98 Å². The van der Waals surface area contributed by atoms with Crippen LogP contribution in [0.15, 0.2) is 71.9 Å². The fraction of sp³-hybridized carbons (Fsp3) is 0.154. The Morgan fingerprint density at radius 1 is 1.06 bits per heavy atom.